The van der Waals surface area contributed by atoms with Crippen LogP contribution in [0.25, 0.3) is 0 Å². The predicted molar refractivity (Wildman–Crippen MR) is 62.7 cm³/mol. The van der Waals surface area contributed by atoms with Crippen molar-refractivity contribution in [3.63, 3.8) is 0 Å². The first kappa shape index (κ1) is 12.7. The third-order valence-corrected chi connectivity index (χ3v) is 2.30. The van der Waals surface area contributed by atoms with E-state index < -0.39 is 12.1 Å². The van der Waals surface area contributed by atoms with Gasteiger partial charge in [0.1, 0.15) is 6.04 Å². The van der Waals surface area contributed by atoms with Crippen LogP contribution < -0.4 is 11.1 Å². The zero-order valence-corrected chi connectivity index (χ0v) is 9.39. The van der Waals surface area contributed by atoms with Crippen LogP contribution in [0.4, 0.5) is 0 Å². The molecule has 0 saturated carbocycles. The molecule has 4 N–H and O–H groups in total. The lowest BCUT2D eigenvalue weighted by atomic mass is 10.1. The van der Waals surface area contributed by atoms with Gasteiger partial charge in [-0.25, -0.2) is 0 Å². The zero-order chi connectivity index (χ0) is 12.0. The number of nitrogens with one attached hydrogen (secondary N) is 1. The molecule has 1 rings (SSSR count). The monoisotopic (exact) mass is 222 g/mol. The topological polar surface area (TPSA) is 75.3 Å². The Balaban J connectivity index is 2.43. The maximum Gasteiger partial charge on any atom is 0.241 e. The molecule has 0 saturated heterocycles. The molecule has 0 aliphatic carbocycles. The predicted octanol–water partition coefficient (Wildman–Crippen LogP) is 0.573. The number of hydrogen-bond donors (Lipinski definition) is 3. The minimum Gasteiger partial charge on any atom is -0.393 e. The molecule has 0 spiro atoms. The Bertz CT molecular complexity index is 325. The van der Waals surface area contributed by atoms with Gasteiger partial charge in [-0.15, -0.1) is 0 Å². The third-order valence-electron chi connectivity index (χ3n) is 2.30. The van der Waals surface area contributed by atoms with Crippen LogP contribution in [0.2, 0.25) is 0 Å². The van der Waals surface area contributed by atoms with E-state index in [4.69, 9.17) is 10.8 Å². The molecule has 0 aliphatic rings. The maximum atomic E-state index is 11.6. The Labute approximate surface area is 95.5 Å². The van der Waals surface area contributed by atoms with E-state index in [0.29, 0.717) is 13.0 Å². The summed E-state index contributed by atoms with van der Waals surface area (Å²) in [6, 6.07) is 8.56. The highest BCUT2D eigenvalue weighted by Crippen LogP contribution is 2.08. The fourth-order valence-electron chi connectivity index (χ4n) is 1.33. The second-order valence-electron chi connectivity index (χ2n) is 3.82. The number of amides is 1. The number of nitrogens with two attached hydrogens (primary N) is 1. The summed E-state index contributed by atoms with van der Waals surface area (Å²) in [5.74, 6) is -0.216. The number of aliphatic hydroxyl groups excluding tert-OH is 1. The number of benzene rings is 1. The zero-order valence-electron chi connectivity index (χ0n) is 9.39. The molecule has 16 heavy (non-hydrogen) atoms. The number of carbonyl (C=O) groups is 1. The molecule has 0 fully saturated rings. The van der Waals surface area contributed by atoms with Crippen molar-refractivity contribution in [3.8, 4) is 0 Å². The quantitative estimate of drug-likeness (QED) is 0.682. The molecule has 0 bridgehead atoms. The standard InChI is InChI=1S/C12H18N2O2/c1-9(15)7-8-14-12(16)11(13)10-5-3-2-4-6-10/h2-6,9,11,15H,7-8,13H2,1H3,(H,14,16)/t9?,11-/m1/s1. The number of rotatable bonds is 5. The summed E-state index contributed by atoms with van der Waals surface area (Å²) < 4.78 is 0. The van der Waals surface area contributed by atoms with Crippen molar-refractivity contribution in [2.75, 3.05) is 6.54 Å². The van der Waals surface area contributed by atoms with Gasteiger partial charge in [0.05, 0.1) is 6.10 Å². The normalized spacial score (nSPS) is 14.2. The average molecular weight is 222 g/mol. The van der Waals surface area contributed by atoms with Gasteiger partial charge >= 0.3 is 0 Å². The third kappa shape index (κ3) is 4.00. The SMILES string of the molecule is CC(O)CCNC(=O)[C@H](N)c1ccccc1. The summed E-state index contributed by atoms with van der Waals surface area (Å²) in [6.45, 7) is 2.13. The Kier molecular flexibility index (Phi) is 4.95. The Morgan fingerprint density at radius 2 is 2.06 bits per heavy atom. The highest BCUT2D eigenvalue weighted by molar-refractivity contribution is 5.82. The molecule has 1 aromatic carbocycles. The van der Waals surface area contributed by atoms with Crippen LogP contribution in [0, 0.1) is 0 Å². The summed E-state index contributed by atoms with van der Waals surface area (Å²) >= 11 is 0. The fourth-order valence-corrected chi connectivity index (χ4v) is 1.33. The molecule has 0 aliphatic heterocycles. The van der Waals surface area contributed by atoms with Crippen LogP contribution in [0.15, 0.2) is 30.3 Å². The molecule has 4 nitrogen and oxygen atoms in total. The Hall–Kier alpha value is -1.39. The lowest BCUT2D eigenvalue weighted by molar-refractivity contribution is -0.122. The van der Waals surface area contributed by atoms with Gasteiger partial charge in [-0.2, -0.15) is 0 Å². The lowest BCUT2D eigenvalue weighted by Crippen LogP contribution is -2.35. The Morgan fingerprint density at radius 3 is 2.62 bits per heavy atom. The number of carbonyl (C=O) groups excluding carboxylic acids is 1. The van der Waals surface area contributed by atoms with E-state index in [9.17, 15) is 4.79 Å². The lowest BCUT2D eigenvalue weighted by Gasteiger charge is -2.12. The van der Waals surface area contributed by atoms with Crippen molar-refractivity contribution in [3.05, 3.63) is 35.9 Å². The number of hydrogen-bond acceptors (Lipinski definition) is 3. The smallest absolute Gasteiger partial charge is 0.241 e. The largest absolute Gasteiger partial charge is 0.393 e. The van der Waals surface area contributed by atoms with Crippen molar-refractivity contribution >= 4 is 5.91 Å². The van der Waals surface area contributed by atoms with Crippen molar-refractivity contribution in [2.45, 2.75) is 25.5 Å². The summed E-state index contributed by atoms with van der Waals surface area (Å²) in [4.78, 5) is 11.6. The van der Waals surface area contributed by atoms with E-state index in [1.165, 1.54) is 0 Å². The first-order chi connectivity index (χ1) is 7.61. The molecule has 1 aromatic rings. The number of aliphatic hydroxyl groups is 1. The molecule has 88 valence electrons. The van der Waals surface area contributed by atoms with Crippen molar-refractivity contribution < 1.29 is 9.90 Å². The molecule has 0 radical (unpaired) electrons. The van der Waals surface area contributed by atoms with Crippen LogP contribution in [0.5, 0.6) is 0 Å². The van der Waals surface area contributed by atoms with E-state index in [1.807, 2.05) is 30.3 Å². The van der Waals surface area contributed by atoms with Crippen LogP contribution in [-0.2, 0) is 4.79 Å². The van der Waals surface area contributed by atoms with Crippen LogP contribution in [-0.4, -0.2) is 23.7 Å². The van der Waals surface area contributed by atoms with Gasteiger partial charge in [0.15, 0.2) is 0 Å². The van der Waals surface area contributed by atoms with Crippen LogP contribution in [0.1, 0.15) is 24.9 Å². The van der Waals surface area contributed by atoms with E-state index >= 15 is 0 Å². The van der Waals surface area contributed by atoms with Gasteiger partial charge in [0.25, 0.3) is 0 Å². The summed E-state index contributed by atoms with van der Waals surface area (Å²) in [5, 5.41) is 11.7. The van der Waals surface area contributed by atoms with Gasteiger partial charge in [-0.3, -0.25) is 4.79 Å². The van der Waals surface area contributed by atoms with E-state index in [1.54, 1.807) is 6.92 Å². The fraction of sp³-hybridized carbons (Fsp3) is 0.417. The second kappa shape index (κ2) is 6.25. The molecule has 2 atom stereocenters. The maximum absolute atomic E-state index is 11.6. The van der Waals surface area contributed by atoms with Gasteiger partial charge in [0.2, 0.25) is 5.91 Å². The highest BCUT2D eigenvalue weighted by Gasteiger charge is 2.14. The van der Waals surface area contributed by atoms with Crippen molar-refractivity contribution in [1.82, 2.24) is 5.32 Å². The van der Waals surface area contributed by atoms with Gasteiger partial charge < -0.3 is 16.2 Å². The first-order valence-electron chi connectivity index (χ1n) is 5.37. The average Bonchev–Trinajstić information content (AvgIpc) is 2.28. The summed E-state index contributed by atoms with van der Waals surface area (Å²) in [6.07, 6.45) is 0.126. The second-order valence-corrected chi connectivity index (χ2v) is 3.82. The molecular formula is C12H18N2O2. The Morgan fingerprint density at radius 1 is 1.44 bits per heavy atom. The molecule has 0 heterocycles. The minimum atomic E-state index is -0.643. The van der Waals surface area contributed by atoms with E-state index in [0.717, 1.165) is 5.56 Å². The first-order valence-corrected chi connectivity index (χ1v) is 5.37. The van der Waals surface area contributed by atoms with E-state index in [2.05, 4.69) is 5.32 Å². The molecule has 4 heteroatoms. The van der Waals surface area contributed by atoms with Gasteiger partial charge in [0, 0.05) is 6.54 Å². The summed E-state index contributed by atoms with van der Waals surface area (Å²) in [5.41, 5.74) is 6.57. The van der Waals surface area contributed by atoms with Gasteiger partial charge in [-0.05, 0) is 18.9 Å². The minimum absolute atomic E-state index is 0.216. The van der Waals surface area contributed by atoms with E-state index in [-0.39, 0.29) is 5.91 Å². The van der Waals surface area contributed by atoms with Crippen LogP contribution >= 0.6 is 0 Å². The van der Waals surface area contributed by atoms with Gasteiger partial charge in [-0.1, -0.05) is 30.3 Å². The molecule has 1 unspecified atom stereocenters. The summed E-state index contributed by atoms with van der Waals surface area (Å²) in [7, 11) is 0. The molecule has 1 amide bonds. The van der Waals surface area contributed by atoms with Crippen LogP contribution in [0.3, 0.4) is 0 Å². The van der Waals surface area contributed by atoms with Crippen molar-refractivity contribution in [2.24, 2.45) is 5.73 Å². The molecule has 0 aromatic heterocycles. The molecular weight excluding hydrogens is 204 g/mol. The highest BCUT2D eigenvalue weighted by atomic mass is 16.3. The van der Waals surface area contributed by atoms with Crippen molar-refractivity contribution in [1.29, 1.82) is 0 Å².